The highest BCUT2D eigenvalue weighted by Crippen LogP contribution is 2.29. The van der Waals surface area contributed by atoms with Crippen LogP contribution in [0.2, 0.25) is 5.15 Å². The summed E-state index contributed by atoms with van der Waals surface area (Å²) in [4.78, 5) is 210. The van der Waals surface area contributed by atoms with Crippen molar-refractivity contribution in [2.24, 2.45) is 14.1 Å². The van der Waals surface area contributed by atoms with E-state index in [1.165, 1.54) is 32.2 Å². The molecular weight excluding hydrogens is 1820 g/mol. The number of carbonyl (C=O) groups is 8. The summed E-state index contributed by atoms with van der Waals surface area (Å²) >= 11 is 6.07. The Morgan fingerprint density at radius 3 is 0.942 bits per heavy atom. The molecule has 740 valence electrons. The molecule has 0 saturated carbocycles. The van der Waals surface area contributed by atoms with Crippen molar-refractivity contribution in [1.29, 1.82) is 5.26 Å². The molecule has 54 heteroatoms. The summed E-state index contributed by atoms with van der Waals surface area (Å²) in [6.45, 7) is 51.5. The van der Waals surface area contributed by atoms with Crippen molar-refractivity contribution < 1.29 is 76.3 Å². The largest absolute Gasteiger partial charge is 0.444 e. The molecule has 53 nitrogen and oxygen atoms in total. The van der Waals surface area contributed by atoms with Crippen LogP contribution in [0.1, 0.15) is 202 Å². The first kappa shape index (κ1) is 109. The van der Waals surface area contributed by atoms with Crippen molar-refractivity contribution in [2.75, 3.05) is 36.8 Å². The number of H-pyrrole nitrogens is 6. The molecule has 14 aromatic heterocycles. The monoisotopic (exact) mass is 1930 g/mol. The van der Waals surface area contributed by atoms with Gasteiger partial charge < -0.3 is 83.4 Å². The Bertz CT molecular complexity index is 6500. The lowest BCUT2D eigenvalue weighted by molar-refractivity contribution is 0.0404. The van der Waals surface area contributed by atoms with Gasteiger partial charge in [0.1, 0.15) is 77.9 Å². The summed E-state index contributed by atoms with van der Waals surface area (Å²) in [6.07, 6.45) is 3.81. The van der Waals surface area contributed by atoms with Gasteiger partial charge in [-0.15, -0.1) is 14.7 Å². The number of rotatable bonds is 5. The minimum Gasteiger partial charge on any atom is -0.444 e. The molecule has 0 atom stereocenters. The number of aromatic nitrogens is 28. The van der Waals surface area contributed by atoms with Gasteiger partial charge >= 0.3 is 48.7 Å². The number of nitrogens with zero attached hydrogens (tertiary/aromatic N) is 26. The van der Waals surface area contributed by atoms with E-state index in [0.29, 0.717) is 93.4 Å². The number of aryl methyl sites for hydroxylation is 7. The van der Waals surface area contributed by atoms with E-state index in [2.05, 4.69) is 140 Å². The molecule has 138 heavy (non-hydrogen) atoms. The number of ether oxygens (including phenoxy) is 8. The summed E-state index contributed by atoms with van der Waals surface area (Å²) in [5.74, 6) is 0.178. The molecule has 0 aliphatic carbocycles. The van der Waals surface area contributed by atoms with Crippen LogP contribution in [0.5, 0.6) is 0 Å². The number of amides is 8. The normalized spacial score (nSPS) is 11.5. The van der Waals surface area contributed by atoms with Crippen molar-refractivity contribution in [1.82, 2.24) is 139 Å². The number of nitriles is 1. The third-order valence-electron chi connectivity index (χ3n) is 15.7. The lowest BCUT2D eigenvalue weighted by Crippen LogP contribution is -2.44. The van der Waals surface area contributed by atoms with E-state index in [0.717, 1.165) is 22.2 Å². The highest BCUT2D eigenvalue weighted by molar-refractivity contribution is 6.33. The summed E-state index contributed by atoms with van der Waals surface area (Å²) in [5.41, 5.74) is 15.1. The number of hydrogen-bond donors (Lipinski definition) is 10. The Hall–Kier alpha value is -16.2. The van der Waals surface area contributed by atoms with Crippen LogP contribution >= 0.6 is 11.6 Å². The molecule has 8 amide bonds. The number of fused-ring (bicyclic) bond motifs is 7. The Balaban J connectivity index is 0.000000222. The quantitative estimate of drug-likeness (QED) is 0.0565. The standard InChI is InChI=1S/2C17H25N5O4.C15H20ClN5O4.2C11H15N5O2.C6H7N5.C5H5N5O.C2H3N/c2*1-10-11-12(21(8)9-18-11)20-13(19-10)22(14(23)25-16(2,3)4)15(24)26-17(5,6)7;1-14(2,3)24-12(22)21(13(23)25-15(4,5)6)11-19-9(16)8-10(20-11)18-7-17-8;2*1-6-7-8(13-5-12-7)15-9(14-6)16-10(17)18-11(2,3)4;1-3-4-5(9-2-8-4)11-6(7)10-3;6-5-9-3-2(4(11)10-5)7-1-8-3;1-2-3/h2*9H,1-8H3;7H,1-6H3,(H,17,18,19,20);2*5H,1-4H3,(H2,12,13,14,15,16,17);2H,1H3,(H3,7,8,9,10,11);1H,(H4,6,7,8,9,10,11);1H3. The van der Waals surface area contributed by atoms with Gasteiger partial charge in [0, 0.05) is 21.0 Å². The minimum absolute atomic E-state index is 0.00890. The molecular formula is C84H115ClN36O17. The Labute approximate surface area is 794 Å². The topological polar surface area (TPSA) is 699 Å². The Morgan fingerprint density at radius 2 is 0.630 bits per heavy atom. The second kappa shape index (κ2) is 43.9. The first-order valence-electron chi connectivity index (χ1n) is 41.8. The molecule has 0 aliphatic heterocycles. The van der Waals surface area contributed by atoms with Crippen molar-refractivity contribution in [2.45, 2.75) is 253 Å². The molecule has 12 N–H and O–H groups in total. The summed E-state index contributed by atoms with van der Waals surface area (Å²) in [7, 11) is 3.52. The molecule has 14 heterocycles. The van der Waals surface area contributed by atoms with Crippen LogP contribution in [0.3, 0.4) is 0 Å². The lowest BCUT2D eigenvalue weighted by Gasteiger charge is -2.27. The SMILES string of the molecule is CC#N.CC(C)(C)OC(=O)N(C(=O)OC(C)(C)C)c1nc(Cl)c2[nH]cnc2n1.Cc1nc(N(C(=O)OC(C)(C)C)C(=O)OC(C)(C)C)nc2c1ncn2C.Cc1nc(N(C(=O)OC(C)(C)C)C(=O)OC(C)(C)C)nc2c1ncn2C.Cc1nc(N)nc2nc[nH]c12.Cc1nc(NC(=O)OC(C)(C)C)nc2nc[nH]c12.Cc1nc(NC(=O)OC(C)(C)C)nc2nc[nH]c12.Nc1nc2nc[nH]c2c(=O)[nH]1. The van der Waals surface area contributed by atoms with Crippen molar-refractivity contribution in [3.05, 3.63) is 88.3 Å². The van der Waals surface area contributed by atoms with E-state index in [1.807, 2.05) is 20.8 Å². The van der Waals surface area contributed by atoms with Crippen molar-refractivity contribution in [3.8, 4) is 6.07 Å². The molecule has 14 rings (SSSR count). The predicted octanol–water partition coefficient (Wildman–Crippen LogP) is 14.4. The number of nitrogens with two attached hydrogens (primary N) is 2. The van der Waals surface area contributed by atoms with E-state index in [4.69, 9.17) is 66.2 Å². The second-order valence-electron chi connectivity index (χ2n) is 37.3. The Kier molecular flexibility index (Phi) is 34.6. The smallest absolute Gasteiger partial charge is 0.427 e. The van der Waals surface area contributed by atoms with Gasteiger partial charge in [-0.05, 0) is 201 Å². The number of nitrogens with one attached hydrogen (secondary N) is 8. The van der Waals surface area contributed by atoms with Gasteiger partial charge in [-0.25, -0.2) is 98.2 Å². The average Bonchev–Trinajstić information content (AvgIpc) is 1.11. The summed E-state index contributed by atoms with van der Waals surface area (Å²) < 4.78 is 45.5. The number of nitrogen functional groups attached to an aromatic ring is 2. The fourth-order valence-corrected chi connectivity index (χ4v) is 10.8. The van der Waals surface area contributed by atoms with Gasteiger partial charge in [0.2, 0.25) is 41.6 Å². The summed E-state index contributed by atoms with van der Waals surface area (Å²) in [6, 6.07) is 1.75. The number of imide groups is 3. The van der Waals surface area contributed by atoms with Crippen LogP contribution in [0.25, 0.3) is 78.1 Å². The zero-order chi connectivity index (χ0) is 104. The third-order valence-corrected chi connectivity index (χ3v) is 16.0. The summed E-state index contributed by atoms with van der Waals surface area (Å²) in [5, 5.41) is 12.3. The second-order valence-corrected chi connectivity index (χ2v) is 37.7. The van der Waals surface area contributed by atoms with Gasteiger partial charge in [0.25, 0.3) is 5.56 Å². The number of aromatic amines is 6. The van der Waals surface area contributed by atoms with Crippen LogP contribution in [0.4, 0.5) is 80.0 Å². The lowest BCUT2D eigenvalue weighted by atomic mass is 10.2. The zero-order valence-electron chi connectivity index (χ0n) is 82.6. The van der Waals surface area contributed by atoms with E-state index in [1.54, 1.807) is 228 Å². The van der Waals surface area contributed by atoms with Gasteiger partial charge in [0.15, 0.2) is 50.2 Å². The molecule has 0 bridgehead atoms. The van der Waals surface area contributed by atoms with Crippen LogP contribution in [-0.2, 0) is 52.0 Å². The highest BCUT2D eigenvalue weighted by atomic mass is 35.5. The van der Waals surface area contributed by atoms with Crippen LogP contribution < -0.4 is 42.4 Å². The molecule has 14 aromatic rings. The van der Waals surface area contributed by atoms with Crippen LogP contribution in [0, 0.1) is 45.9 Å². The third kappa shape index (κ3) is 32.6. The van der Waals surface area contributed by atoms with Crippen molar-refractivity contribution in [3.63, 3.8) is 0 Å². The number of carbonyl (C=O) groups excluding carboxylic acids is 8. The van der Waals surface area contributed by atoms with E-state index >= 15 is 0 Å². The maximum atomic E-state index is 12.7. The van der Waals surface area contributed by atoms with Gasteiger partial charge in [-0.2, -0.15) is 45.1 Å². The van der Waals surface area contributed by atoms with Gasteiger partial charge in [0.05, 0.1) is 78.8 Å². The number of hydrogen-bond acceptors (Lipinski definition) is 40. The molecule has 0 fully saturated rings. The predicted molar refractivity (Wildman–Crippen MR) is 507 cm³/mol. The minimum atomic E-state index is -0.979. The van der Waals surface area contributed by atoms with Crippen LogP contribution in [-0.4, -0.2) is 232 Å². The van der Waals surface area contributed by atoms with E-state index in [9.17, 15) is 43.2 Å². The molecule has 0 aromatic carbocycles. The fourth-order valence-electron chi connectivity index (χ4n) is 10.6. The molecule has 0 aliphatic rings. The maximum Gasteiger partial charge on any atom is 0.427 e. The number of anilines is 7. The average molecular weight is 1940 g/mol. The number of halogens is 1. The molecule has 0 spiro atoms. The van der Waals surface area contributed by atoms with Gasteiger partial charge in [-0.1, -0.05) is 11.6 Å². The van der Waals surface area contributed by atoms with E-state index < -0.39 is 93.6 Å². The fraction of sp³-hybridized carbons (Fsp3) is 0.476. The van der Waals surface area contributed by atoms with Crippen molar-refractivity contribution >= 4 is 180 Å². The molecule has 0 radical (unpaired) electrons. The molecule has 0 saturated heterocycles. The zero-order valence-corrected chi connectivity index (χ0v) is 83.4. The number of imidazole rings is 7. The maximum absolute atomic E-state index is 12.7. The van der Waals surface area contributed by atoms with E-state index in [-0.39, 0.29) is 58.0 Å². The Morgan fingerprint density at radius 1 is 0.362 bits per heavy atom. The van der Waals surface area contributed by atoms with Crippen LogP contribution in [0.15, 0.2) is 49.1 Å². The first-order chi connectivity index (χ1) is 63.6. The van der Waals surface area contributed by atoms with Gasteiger partial charge in [-0.3, -0.25) is 20.4 Å². The highest BCUT2D eigenvalue weighted by Gasteiger charge is 2.39. The molecule has 0 unspecified atom stereocenters. The first-order valence-corrected chi connectivity index (χ1v) is 42.2.